The third kappa shape index (κ3) is 5.97. The molecule has 2 aromatic heterocycles. The second-order valence-electron chi connectivity index (χ2n) is 8.85. The molecule has 2 aliphatic rings. The van der Waals surface area contributed by atoms with Crippen molar-refractivity contribution in [3.8, 4) is 0 Å². The van der Waals surface area contributed by atoms with Crippen molar-refractivity contribution in [1.82, 2.24) is 4.90 Å². The monoisotopic (exact) mass is 495 g/mol. The maximum absolute atomic E-state index is 13.4. The van der Waals surface area contributed by atoms with Crippen LogP contribution in [0.4, 0.5) is 0 Å². The quantitative estimate of drug-likeness (QED) is 0.162. The molecular weight excluding hydrogens is 462 g/mol. The van der Waals surface area contributed by atoms with Crippen LogP contribution >= 0.6 is 22.7 Å². The molecule has 0 aliphatic carbocycles. The van der Waals surface area contributed by atoms with Crippen LogP contribution in [0.25, 0.3) is 11.5 Å². The number of amides is 1. The van der Waals surface area contributed by atoms with E-state index in [-0.39, 0.29) is 5.91 Å². The molecule has 0 radical (unpaired) electrons. The van der Waals surface area contributed by atoms with Gasteiger partial charge in [0.2, 0.25) is 0 Å². The van der Waals surface area contributed by atoms with Gasteiger partial charge in [-0.3, -0.25) is 4.79 Å². The van der Waals surface area contributed by atoms with E-state index < -0.39 is 5.97 Å². The third-order valence-electron chi connectivity index (χ3n) is 6.31. The topological polar surface area (TPSA) is 46.6 Å². The highest BCUT2D eigenvalue weighted by atomic mass is 32.1. The number of hydrogen-bond acceptors (Lipinski definition) is 5. The van der Waals surface area contributed by atoms with E-state index in [0.717, 1.165) is 28.3 Å². The molecule has 1 amide bonds. The Labute approximate surface area is 210 Å². The third-order valence-corrected chi connectivity index (χ3v) is 8.09. The van der Waals surface area contributed by atoms with Gasteiger partial charge in [0, 0.05) is 6.54 Å². The molecule has 2 aliphatic heterocycles. The molecule has 0 bridgehead atoms. The van der Waals surface area contributed by atoms with Crippen molar-refractivity contribution in [3.05, 3.63) is 68.1 Å². The Bertz CT molecular complexity index is 1060. The molecule has 34 heavy (non-hydrogen) atoms. The average molecular weight is 496 g/mol. The molecule has 0 N–H and O–H groups in total. The smallest absolute Gasteiger partial charge is 0.344 e. The zero-order valence-electron chi connectivity index (χ0n) is 19.9. The zero-order chi connectivity index (χ0) is 23.8. The lowest BCUT2D eigenvalue weighted by Crippen LogP contribution is -2.27. The Kier molecular flexibility index (Phi) is 8.94. The van der Waals surface area contributed by atoms with Crippen LogP contribution in [0.3, 0.4) is 0 Å². The summed E-state index contributed by atoms with van der Waals surface area (Å²) in [5.41, 5.74) is 1.68. The van der Waals surface area contributed by atoms with Crippen molar-refractivity contribution in [2.45, 2.75) is 71.1 Å². The lowest BCUT2D eigenvalue weighted by Gasteiger charge is -2.19. The SMILES string of the molecule is CCCCCCCCCCCCN1C(=O)/C(=C2\C=C(c3cccs3)OC2=O)C=C1c1cccs1. The standard InChI is InChI=1S/C28H33NO3S2/c1-2-3-4-5-6-7-8-9-10-11-16-29-23(25-14-12-17-33-25)19-21(27(29)30)22-20-24(32-28(22)31)26-15-13-18-34-26/h12-15,17-20H,2-11,16H2,1H3/b22-21+. The molecule has 6 heteroatoms. The molecule has 180 valence electrons. The summed E-state index contributed by atoms with van der Waals surface area (Å²) in [5, 5.41) is 3.96. The first-order chi connectivity index (χ1) is 16.7. The van der Waals surface area contributed by atoms with Crippen LogP contribution in [0.2, 0.25) is 0 Å². The summed E-state index contributed by atoms with van der Waals surface area (Å²) in [6, 6.07) is 7.86. The minimum atomic E-state index is -0.450. The maximum Gasteiger partial charge on any atom is 0.344 e. The summed E-state index contributed by atoms with van der Waals surface area (Å²) in [7, 11) is 0. The predicted molar refractivity (Wildman–Crippen MR) is 141 cm³/mol. The molecule has 0 fully saturated rings. The van der Waals surface area contributed by atoms with Gasteiger partial charge in [0.15, 0.2) is 0 Å². The van der Waals surface area contributed by atoms with Gasteiger partial charge in [-0.05, 0) is 41.5 Å². The lowest BCUT2D eigenvalue weighted by molar-refractivity contribution is -0.131. The van der Waals surface area contributed by atoms with E-state index >= 15 is 0 Å². The summed E-state index contributed by atoms with van der Waals surface area (Å²) >= 11 is 3.13. The number of ether oxygens (including phenoxy) is 1. The number of carbonyl (C=O) groups is 2. The highest BCUT2D eigenvalue weighted by Gasteiger charge is 2.35. The van der Waals surface area contributed by atoms with E-state index in [1.165, 1.54) is 62.7 Å². The Balaban J connectivity index is 1.38. The second-order valence-corrected chi connectivity index (χ2v) is 10.7. The van der Waals surface area contributed by atoms with E-state index in [2.05, 4.69) is 6.92 Å². The minimum absolute atomic E-state index is 0.102. The molecule has 4 rings (SSSR count). The molecule has 0 spiro atoms. The summed E-state index contributed by atoms with van der Waals surface area (Å²) in [6.45, 7) is 2.93. The fourth-order valence-corrected chi connectivity index (χ4v) is 5.86. The van der Waals surface area contributed by atoms with Crippen LogP contribution < -0.4 is 0 Å². The molecule has 0 saturated heterocycles. The van der Waals surface area contributed by atoms with E-state index in [1.54, 1.807) is 17.4 Å². The van der Waals surface area contributed by atoms with Gasteiger partial charge in [-0.15, -0.1) is 22.7 Å². The van der Waals surface area contributed by atoms with Crippen LogP contribution in [0.15, 0.2) is 58.3 Å². The maximum atomic E-state index is 13.4. The van der Waals surface area contributed by atoms with Crippen molar-refractivity contribution in [3.63, 3.8) is 0 Å². The number of rotatable bonds is 13. The van der Waals surface area contributed by atoms with Crippen LogP contribution in [-0.2, 0) is 14.3 Å². The lowest BCUT2D eigenvalue weighted by atomic mass is 10.1. The van der Waals surface area contributed by atoms with Crippen LogP contribution in [-0.4, -0.2) is 23.3 Å². The van der Waals surface area contributed by atoms with Gasteiger partial charge < -0.3 is 9.64 Å². The number of esters is 1. The Morgan fingerprint density at radius 3 is 2.00 bits per heavy atom. The average Bonchev–Trinajstić information content (AvgIpc) is 3.63. The van der Waals surface area contributed by atoms with Crippen LogP contribution in [0, 0.1) is 0 Å². The number of thiophene rings is 2. The minimum Gasteiger partial charge on any atom is -0.421 e. The summed E-state index contributed by atoms with van der Waals surface area (Å²) in [5.74, 6) is -0.0289. The van der Waals surface area contributed by atoms with Gasteiger partial charge in [0.25, 0.3) is 5.91 Å². The molecular formula is C28H33NO3S2. The first kappa shape index (κ1) is 24.7. The van der Waals surface area contributed by atoms with Gasteiger partial charge in [-0.1, -0.05) is 76.8 Å². The van der Waals surface area contributed by atoms with Crippen LogP contribution in [0.1, 0.15) is 80.9 Å². The number of cyclic esters (lactones) is 1. The van der Waals surface area contributed by atoms with Crippen molar-refractivity contribution in [1.29, 1.82) is 0 Å². The highest BCUT2D eigenvalue weighted by molar-refractivity contribution is 7.11. The molecule has 0 aromatic carbocycles. The Hall–Kier alpha value is -2.44. The van der Waals surface area contributed by atoms with Crippen molar-refractivity contribution >= 4 is 46.0 Å². The van der Waals surface area contributed by atoms with E-state index in [1.807, 2.05) is 46.0 Å². The highest BCUT2D eigenvalue weighted by Crippen LogP contribution is 2.37. The number of nitrogens with zero attached hydrogens (tertiary/aromatic N) is 1. The fourth-order valence-electron chi connectivity index (χ4n) is 4.43. The first-order valence-corrected chi connectivity index (χ1v) is 14.2. The van der Waals surface area contributed by atoms with Gasteiger partial charge in [-0.2, -0.15) is 0 Å². The molecule has 0 saturated carbocycles. The van der Waals surface area contributed by atoms with Crippen LogP contribution in [0.5, 0.6) is 0 Å². The Morgan fingerprint density at radius 2 is 1.38 bits per heavy atom. The first-order valence-electron chi connectivity index (χ1n) is 12.5. The number of unbranched alkanes of at least 4 members (excludes halogenated alkanes) is 9. The molecule has 0 unspecified atom stereocenters. The van der Waals surface area contributed by atoms with E-state index in [4.69, 9.17) is 4.74 Å². The van der Waals surface area contributed by atoms with E-state index in [0.29, 0.717) is 23.5 Å². The second kappa shape index (κ2) is 12.3. The van der Waals surface area contributed by atoms with Crippen molar-refractivity contribution in [2.75, 3.05) is 6.54 Å². The van der Waals surface area contributed by atoms with Crippen molar-refractivity contribution < 1.29 is 14.3 Å². The zero-order valence-corrected chi connectivity index (χ0v) is 21.5. The predicted octanol–water partition coefficient (Wildman–Crippen LogP) is 7.81. The Morgan fingerprint density at radius 1 is 0.765 bits per heavy atom. The summed E-state index contributed by atoms with van der Waals surface area (Å²) < 4.78 is 5.48. The molecule has 0 atom stereocenters. The number of hydrogen-bond donors (Lipinski definition) is 0. The van der Waals surface area contributed by atoms with Gasteiger partial charge in [0.1, 0.15) is 5.76 Å². The van der Waals surface area contributed by atoms with E-state index in [9.17, 15) is 9.59 Å². The summed E-state index contributed by atoms with van der Waals surface area (Å²) in [4.78, 5) is 29.8. The summed E-state index contributed by atoms with van der Waals surface area (Å²) in [6.07, 6.45) is 16.2. The van der Waals surface area contributed by atoms with Gasteiger partial charge >= 0.3 is 5.97 Å². The largest absolute Gasteiger partial charge is 0.421 e. The molecule has 4 nitrogen and oxygen atoms in total. The van der Waals surface area contributed by atoms with Gasteiger partial charge in [0.05, 0.1) is 26.6 Å². The number of carbonyl (C=O) groups excluding carboxylic acids is 2. The molecule has 4 heterocycles. The normalized spacial score (nSPS) is 18.0. The fraction of sp³-hybridized carbons (Fsp3) is 0.429. The van der Waals surface area contributed by atoms with Gasteiger partial charge in [-0.25, -0.2) is 4.79 Å². The molecule has 2 aromatic rings. The van der Waals surface area contributed by atoms with Crippen molar-refractivity contribution in [2.24, 2.45) is 0 Å².